The van der Waals surface area contributed by atoms with Crippen molar-refractivity contribution in [1.29, 1.82) is 0 Å². The van der Waals surface area contributed by atoms with Gasteiger partial charge in [-0.1, -0.05) is 51.1 Å². The topological polar surface area (TPSA) is 86.3 Å². The smallest absolute Gasteiger partial charge is 0.259 e. The fraction of sp³-hybridized carbons (Fsp3) is 0.261. The van der Waals surface area contributed by atoms with Gasteiger partial charge in [0.05, 0.1) is 12.8 Å². The second-order valence-corrected chi connectivity index (χ2v) is 8.01. The molecule has 0 fully saturated rings. The van der Waals surface area contributed by atoms with Crippen LogP contribution in [-0.4, -0.2) is 29.6 Å². The lowest BCUT2D eigenvalue weighted by Gasteiger charge is -2.19. The summed E-state index contributed by atoms with van der Waals surface area (Å²) in [4.78, 5) is 27.5. The van der Waals surface area contributed by atoms with Crippen molar-refractivity contribution in [2.45, 2.75) is 33.1 Å². The molecule has 3 N–H and O–H groups in total. The molecule has 1 heterocycles. The van der Waals surface area contributed by atoms with Crippen LogP contribution in [0.1, 0.15) is 48.0 Å². The van der Waals surface area contributed by atoms with Crippen LogP contribution in [0, 0.1) is 6.92 Å². The van der Waals surface area contributed by atoms with E-state index in [9.17, 15) is 9.59 Å². The molecule has 29 heavy (non-hydrogen) atoms. The monoisotopic (exact) mass is 390 g/mol. The maximum Gasteiger partial charge on any atom is 0.259 e. The van der Waals surface area contributed by atoms with E-state index in [0.717, 1.165) is 27.7 Å². The lowest BCUT2D eigenvalue weighted by Crippen LogP contribution is -2.34. The van der Waals surface area contributed by atoms with Crippen molar-refractivity contribution in [2.24, 2.45) is 5.10 Å². The molecule has 0 radical (unpaired) electrons. The van der Waals surface area contributed by atoms with E-state index in [1.54, 1.807) is 18.3 Å². The zero-order valence-corrected chi connectivity index (χ0v) is 17.2. The third-order valence-electron chi connectivity index (χ3n) is 4.75. The molecule has 2 aromatic carbocycles. The number of aryl methyl sites for hydroxylation is 1. The molecule has 3 rings (SSSR count). The zero-order valence-electron chi connectivity index (χ0n) is 17.2. The van der Waals surface area contributed by atoms with Crippen LogP contribution in [0.3, 0.4) is 0 Å². The van der Waals surface area contributed by atoms with E-state index >= 15 is 0 Å². The van der Waals surface area contributed by atoms with Crippen LogP contribution < -0.4 is 10.7 Å². The Bertz CT molecular complexity index is 1060. The van der Waals surface area contributed by atoms with Gasteiger partial charge in [0.2, 0.25) is 0 Å². The predicted octanol–water partition coefficient (Wildman–Crippen LogP) is 3.65. The first kappa shape index (κ1) is 20.3. The van der Waals surface area contributed by atoms with E-state index in [-0.39, 0.29) is 17.9 Å². The summed E-state index contributed by atoms with van der Waals surface area (Å²) in [7, 11) is 0. The number of hydrogen-bond donors (Lipinski definition) is 3. The van der Waals surface area contributed by atoms with Gasteiger partial charge < -0.3 is 10.3 Å². The number of fused-ring (bicyclic) bond motifs is 1. The minimum atomic E-state index is -0.390. The number of hydrogen-bond acceptors (Lipinski definition) is 3. The SMILES string of the molecule is Cc1[nH]c2ccccc2c1/C=N\NC(=O)CNC(=O)c1ccc(C(C)(C)C)cc1. The number of carbonyl (C=O) groups is 2. The van der Waals surface area contributed by atoms with Gasteiger partial charge in [-0.3, -0.25) is 9.59 Å². The average Bonchev–Trinajstić information content (AvgIpc) is 3.01. The Morgan fingerprint density at radius 1 is 1.07 bits per heavy atom. The molecular formula is C23H26N4O2. The minimum absolute atomic E-state index is 0.0239. The van der Waals surface area contributed by atoms with Crippen LogP contribution in [0.25, 0.3) is 10.9 Å². The number of nitrogens with zero attached hydrogens (tertiary/aromatic N) is 1. The van der Waals surface area contributed by atoms with E-state index in [0.29, 0.717) is 5.56 Å². The number of rotatable bonds is 5. The second kappa shape index (κ2) is 8.31. The third kappa shape index (κ3) is 4.90. The van der Waals surface area contributed by atoms with Gasteiger partial charge in [0.1, 0.15) is 0 Å². The first-order chi connectivity index (χ1) is 13.8. The number of carbonyl (C=O) groups excluding carboxylic acids is 2. The third-order valence-corrected chi connectivity index (χ3v) is 4.75. The predicted molar refractivity (Wildman–Crippen MR) is 116 cm³/mol. The Labute approximate surface area is 170 Å². The lowest BCUT2D eigenvalue weighted by atomic mass is 9.87. The fourth-order valence-corrected chi connectivity index (χ4v) is 3.06. The Morgan fingerprint density at radius 2 is 1.76 bits per heavy atom. The summed E-state index contributed by atoms with van der Waals surface area (Å²) in [6, 6.07) is 15.3. The molecule has 0 saturated heterocycles. The molecule has 0 aliphatic carbocycles. The van der Waals surface area contributed by atoms with Gasteiger partial charge in [-0.05, 0) is 36.1 Å². The van der Waals surface area contributed by atoms with Crippen molar-refractivity contribution in [3.63, 3.8) is 0 Å². The van der Waals surface area contributed by atoms with Gasteiger partial charge in [0.25, 0.3) is 11.8 Å². The van der Waals surface area contributed by atoms with Crippen LogP contribution in [0.15, 0.2) is 53.6 Å². The number of nitrogens with one attached hydrogen (secondary N) is 3. The molecule has 0 atom stereocenters. The van der Waals surface area contributed by atoms with E-state index < -0.39 is 5.91 Å². The Morgan fingerprint density at radius 3 is 2.45 bits per heavy atom. The summed E-state index contributed by atoms with van der Waals surface area (Å²) < 4.78 is 0. The molecule has 6 nitrogen and oxygen atoms in total. The highest BCUT2D eigenvalue weighted by atomic mass is 16.2. The quantitative estimate of drug-likeness (QED) is 0.459. The van der Waals surface area contributed by atoms with Crippen molar-refractivity contribution in [2.75, 3.05) is 6.54 Å². The maximum absolute atomic E-state index is 12.2. The number of benzene rings is 2. The van der Waals surface area contributed by atoms with Crippen LogP contribution in [0.5, 0.6) is 0 Å². The highest BCUT2D eigenvalue weighted by Gasteiger charge is 2.14. The summed E-state index contributed by atoms with van der Waals surface area (Å²) >= 11 is 0. The molecular weight excluding hydrogens is 364 g/mol. The molecule has 0 spiro atoms. The molecule has 0 saturated carbocycles. The number of para-hydroxylation sites is 1. The van der Waals surface area contributed by atoms with Gasteiger partial charge in [-0.15, -0.1) is 0 Å². The Balaban J connectivity index is 1.54. The van der Waals surface area contributed by atoms with E-state index in [2.05, 4.69) is 41.6 Å². The fourth-order valence-electron chi connectivity index (χ4n) is 3.06. The summed E-state index contributed by atoms with van der Waals surface area (Å²) in [5.74, 6) is -0.685. The highest BCUT2D eigenvalue weighted by molar-refractivity contribution is 6.01. The molecule has 0 bridgehead atoms. The Kier molecular flexibility index (Phi) is 5.82. The number of hydrazone groups is 1. The standard InChI is InChI=1S/C23H26N4O2/c1-15-19(18-7-5-6-8-20(18)26-15)13-25-27-21(28)14-24-22(29)16-9-11-17(12-10-16)23(2,3)4/h5-13,26H,14H2,1-4H3,(H,24,29)(H,27,28)/b25-13-. The van der Waals surface area contributed by atoms with Crippen molar-refractivity contribution in [3.8, 4) is 0 Å². The molecule has 150 valence electrons. The van der Waals surface area contributed by atoms with Crippen LogP contribution in [0.4, 0.5) is 0 Å². The summed E-state index contributed by atoms with van der Waals surface area (Å²) in [6.45, 7) is 8.15. The molecule has 0 aliphatic rings. The number of H-pyrrole nitrogens is 1. The lowest BCUT2D eigenvalue weighted by molar-refractivity contribution is -0.120. The molecule has 1 aromatic heterocycles. The highest BCUT2D eigenvalue weighted by Crippen LogP contribution is 2.22. The van der Waals surface area contributed by atoms with Gasteiger partial charge in [-0.2, -0.15) is 5.10 Å². The molecule has 2 amide bonds. The van der Waals surface area contributed by atoms with E-state index in [1.807, 2.05) is 43.3 Å². The van der Waals surface area contributed by atoms with Gasteiger partial charge in [-0.25, -0.2) is 5.43 Å². The number of aromatic nitrogens is 1. The normalized spacial score (nSPS) is 11.7. The van der Waals surface area contributed by atoms with Crippen LogP contribution >= 0.6 is 0 Å². The van der Waals surface area contributed by atoms with Crippen molar-refractivity contribution in [3.05, 3.63) is 70.9 Å². The summed E-state index contributed by atoms with van der Waals surface area (Å²) in [6.07, 6.45) is 1.61. The summed E-state index contributed by atoms with van der Waals surface area (Å²) in [5, 5.41) is 7.67. The van der Waals surface area contributed by atoms with E-state index in [1.165, 1.54) is 0 Å². The largest absolute Gasteiger partial charge is 0.358 e. The first-order valence-electron chi connectivity index (χ1n) is 9.53. The first-order valence-corrected chi connectivity index (χ1v) is 9.53. The van der Waals surface area contributed by atoms with Crippen LogP contribution in [0.2, 0.25) is 0 Å². The molecule has 3 aromatic rings. The van der Waals surface area contributed by atoms with Crippen molar-refractivity contribution < 1.29 is 9.59 Å². The van der Waals surface area contributed by atoms with Crippen molar-refractivity contribution >= 4 is 28.9 Å². The molecule has 0 aliphatic heterocycles. The van der Waals surface area contributed by atoms with Gasteiger partial charge in [0, 0.05) is 27.7 Å². The minimum Gasteiger partial charge on any atom is -0.358 e. The molecule has 6 heteroatoms. The summed E-state index contributed by atoms with van der Waals surface area (Å²) in [5.41, 5.74) is 7.04. The Hall–Kier alpha value is -3.41. The second-order valence-electron chi connectivity index (χ2n) is 8.01. The number of aromatic amines is 1. The maximum atomic E-state index is 12.2. The van der Waals surface area contributed by atoms with E-state index in [4.69, 9.17) is 0 Å². The average molecular weight is 390 g/mol. The zero-order chi connectivity index (χ0) is 21.0. The molecule has 0 unspecified atom stereocenters. The van der Waals surface area contributed by atoms with Gasteiger partial charge in [0.15, 0.2) is 0 Å². The van der Waals surface area contributed by atoms with Crippen molar-refractivity contribution in [1.82, 2.24) is 15.7 Å². The van der Waals surface area contributed by atoms with Gasteiger partial charge >= 0.3 is 0 Å². The van der Waals surface area contributed by atoms with Crippen LogP contribution in [-0.2, 0) is 10.2 Å². The number of amides is 2.